The van der Waals surface area contributed by atoms with Gasteiger partial charge in [-0.15, -0.1) is 0 Å². The molecule has 21 heavy (non-hydrogen) atoms. The molecule has 0 unspecified atom stereocenters. The Bertz CT molecular complexity index is 742. The van der Waals surface area contributed by atoms with E-state index < -0.39 is 36.3 Å². The Morgan fingerprint density at radius 2 is 2.29 bits per heavy atom. The first-order valence-electron chi connectivity index (χ1n) is 6.26. The molecule has 3 rings (SSSR count). The van der Waals surface area contributed by atoms with Crippen molar-refractivity contribution in [2.24, 2.45) is 0 Å². The van der Waals surface area contributed by atoms with Crippen molar-refractivity contribution >= 4 is 17.0 Å². The van der Waals surface area contributed by atoms with Gasteiger partial charge in [0.25, 0.3) is 0 Å². The van der Waals surface area contributed by atoms with E-state index in [1.165, 1.54) is 17.8 Å². The molecule has 0 aromatic carbocycles. The van der Waals surface area contributed by atoms with Crippen LogP contribution in [0.5, 0.6) is 0 Å². The number of aliphatic hydroxyl groups excluding tert-OH is 3. The van der Waals surface area contributed by atoms with E-state index in [1.54, 1.807) is 0 Å². The largest absolute Gasteiger partial charge is 0.394 e. The zero-order valence-electron chi connectivity index (χ0n) is 11.1. The quantitative estimate of drug-likeness (QED) is 0.406. The molecule has 0 radical (unpaired) electrons. The number of H-pyrrole nitrogens is 1. The van der Waals surface area contributed by atoms with Crippen LogP contribution in [0.3, 0.4) is 0 Å². The average molecular weight is 297 g/mol. The molecule has 0 spiro atoms. The van der Waals surface area contributed by atoms with Crippen LogP contribution >= 0.6 is 0 Å². The lowest BCUT2D eigenvalue weighted by Gasteiger charge is -2.29. The van der Waals surface area contributed by atoms with E-state index in [0.29, 0.717) is 0 Å². The number of fused-ring (bicyclic) bond motifs is 1. The van der Waals surface area contributed by atoms with Crippen LogP contribution in [0.25, 0.3) is 11.2 Å². The number of aromatic nitrogens is 4. The summed E-state index contributed by atoms with van der Waals surface area (Å²) in [6.07, 6.45) is -2.27. The second-order valence-corrected chi connectivity index (χ2v) is 5.07. The first kappa shape index (κ1) is 13.9. The molecule has 2 aromatic heterocycles. The number of rotatable bonds is 2. The van der Waals surface area contributed by atoms with E-state index in [2.05, 4.69) is 15.0 Å². The number of nitrogen functional groups attached to an aromatic ring is 1. The van der Waals surface area contributed by atoms with Gasteiger partial charge >= 0.3 is 5.69 Å². The second-order valence-electron chi connectivity index (χ2n) is 5.07. The fraction of sp³-hybridized carbons (Fsp3) is 0.545. The van der Waals surface area contributed by atoms with Crippen LogP contribution in [-0.4, -0.2) is 59.8 Å². The Hall–Kier alpha value is -2.01. The molecule has 1 saturated heterocycles. The van der Waals surface area contributed by atoms with Crippen molar-refractivity contribution in [3.05, 3.63) is 16.8 Å². The summed E-state index contributed by atoms with van der Waals surface area (Å²) in [4.78, 5) is 21.6. The minimum absolute atomic E-state index is 0.0408. The van der Waals surface area contributed by atoms with Crippen molar-refractivity contribution in [1.82, 2.24) is 19.5 Å². The minimum atomic E-state index is -1.44. The van der Waals surface area contributed by atoms with Crippen molar-refractivity contribution in [1.29, 1.82) is 0 Å². The van der Waals surface area contributed by atoms with Crippen molar-refractivity contribution < 1.29 is 20.1 Å². The van der Waals surface area contributed by atoms with Gasteiger partial charge in [-0.05, 0) is 6.92 Å². The standard InChI is InChI=1S/C11H15N5O5/c1-11(7(19)6(18)4(2-17)21-11)16-3-13-5-8(12)14-10(20)15-9(5)16/h3-4,6-7,17-19H,2H2,1H3,(H3,12,14,15,20)/t4-,6-,7-,11-/m1/s1. The minimum Gasteiger partial charge on any atom is -0.394 e. The fourth-order valence-electron chi connectivity index (χ4n) is 2.57. The lowest BCUT2D eigenvalue weighted by atomic mass is 10.0. The molecule has 0 bridgehead atoms. The number of anilines is 1. The summed E-state index contributed by atoms with van der Waals surface area (Å²) in [6, 6.07) is 0. The van der Waals surface area contributed by atoms with E-state index >= 15 is 0 Å². The summed E-state index contributed by atoms with van der Waals surface area (Å²) in [5.74, 6) is 0.0408. The van der Waals surface area contributed by atoms with Gasteiger partial charge < -0.3 is 25.8 Å². The van der Waals surface area contributed by atoms with E-state index in [0.717, 1.165) is 0 Å². The molecule has 6 N–H and O–H groups in total. The van der Waals surface area contributed by atoms with Gasteiger partial charge in [-0.3, -0.25) is 9.55 Å². The molecule has 2 aromatic rings. The monoisotopic (exact) mass is 297 g/mol. The molecule has 3 heterocycles. The van der Waals surface area contributed by atoms with Crippen molar-refractivity contribution in [2.75, 3.05) is 12.3 Å². The molecular weight excluding hydrogens is 282 g/mol. The first-order valence-corrected chi connectivity index (χ1v) is 6.26. The number of aromatic amines is 1. The number of nitrogens with one attached hydrogen (secondary N) is 1. The Kier molecular flexibility index (Phi) is 2.99. The SMILES string of the molecule is C[C@@]1(n2cnc3c(N)[nH]c(=O)nc32)O[C@H](CO)[C@@H](O)[C@H]1O. The second kappa shape index (κ2) is 4.49. The van der Waals surface area contributed by atoms with Crippen LogP contribution in [0.4, 0.5) is 5.82 Å². The summed E-state index contributed by atoms with van der Waals surface area (Å²) < 4.78 is 6.85. The summed E-state index contributed by atoms with van der Waals surface area (Å²) in [7, 11) is 0. The molecule has 1 fully saturated rings. The van der Waals surface area contributed by atoms with Gasteiger partial charge in [-0.1, -0.05) is 0 Å². The highest BCUT2D eigenvalue weighted by Gasteiger charge is 2.52. The predicted octanol–water partition coefficient (Wildman–Crippen LogP) is -2.51. The van der Waals surface area contributed by atoms with Crippen LogP contribution in [0, 0.1) is 0 Å². The number of nitrogens with two attached hydrogens (primary N) is 1. The summed E-state index contributed by atoms with van der Waals surface area (Å²) in [5, 5.41) is 29.3. The highest BCUT2D eigenvalue weighted by Crippen LogP contribution is 2.36. The summed E-state index contributed by atoms with van der Waals surface area (Å²) in [6.45, 7) is 1.04. The van der Waals surface area contributed by atoms with Gasteiger partial charge in [0.15, 0.2) is 11.4 Å². The van der Waals surface area contributed by atoms with Crippen LogP contribution in [0.1, 0.15) is 6.92 Å². The van der Waals surface area contributed by atoms with Gasteiger partial charge in [0.1, 0.15) is 29.6 Å². The van der Waals surface area contributed by atoms with Crippen LogP contribution in [0.2, 0.25) is 0 Å². The molecule has 4 atom stereocenters. The van der Waals surface area contributed by atoms with Gasteiger partial charge in [-0.25, -0.2) is 9.78 Å². The molecular formula is C11H15N5O5. The van der Waals surface area contributed by atoms with Crippen LogP contribution in [-0.2, 0) is 10.5 Å². The Labute approximate surface area is 117 Å². The van der Waals surface area contributed by atoms with Gasteiger partial charge in [0.05, 0.1) is 12.9 Å². The third-order valence-corrected chi connectivity index (χ3v) is 3.75. The normalized spacial score (nSPS) is 32.9. The zero-order chi connectivity index (χ0) is 15.4. The number of aliphatic hydroxyl groups is 3. The number of ether oxygens (including phenoxy) is 1. The van der Waals surface area contributed by atoms with Crippen molar-refractivity contribution in [3.8, 4) is 0 Å². The van der Waals surface area contributed by atoms with E-state index in [1.807, 2.05) is 0 Å². The number of hydrogen-bond donors (Lipinski definition) is 5. The predicted molar refractivity (Wildman–Crippen MR) is 70.2 cm³/mol. The van der Waals surface area contributed by atoms with Crippen LogP contribution < -0.4 is 11.4 Å². The molecule has 114 valence electrons. The Balaban J connectivity index is 2.19. The third kappa shape index (κ3) is 1.84. The maximum Gasteiger partial charge on any atom is 0.348 e. The highest BCUT2D eigenvalue weighted by atomic mass is 16.6. The molecule has 0 amide bonds. The molecule has 1 aliphatic rings. The van der Waals surface area contributed by atoms with E-state index in [4.69, 9.17) is 10.5 Å². The zero-order valence-corrected chi connectivity index (χ0v) is 11.1. The van der Waals surface area contributed by atoms with Gasteiger partial charge in [0, 0.05) is 0 Å². The lowest BCUT2D eigenvalue weighted by Crippen LogP contribution is -2.43. The molecule has 1 aliphatic heterocycles. The smallest absolute Gasteiger partial charge is 0.348 e. The fourth-order valence-corrected chi connectivity index (χ4v) is 2.57. The van der Waals surface area contributed by atoms with E-state index in [-0.39, 0.29) is 17.0 Å². The van der Waals surface area contributed by atoms with Gasteiger partial charge in [-0.2, -0.15) is 4.98 Å². The maximum absolute atomic E-state index is 11.5. The topological polar surface area (TPSA) is 160 Å². The Morgan fingerprint density at radius 3 is 2.90 bits per heavy atom. The molecule has 10 nitrogen and oxygen atoms in total. The van der Waals surface area contributed by atoms with Crippen molar-refractivity contribution in [2.45, 2.75) is 31.0 Å². The highest BCUT2D eigenvalue weighted by molar-refractivity contribution is 5.81. The third-order valence-electron chi connectivity index (χ3n) is 3.75. The average Bonchev–Trinajstić information content (AvgIpc) is 2.95. The molecule has 0 saturated carbocycles. The van der Waals surface area contributed by atoms with Gasteiger partial charge in [0.2, 0.25) is 0 Å². The first-order chi connectivity index (χ1) is 9.88. The lowest BCUT2D eigenvalue weighted by molar-refractivity contribution is -0.132. The number of imidazole rings is 1. The van der Waals surface area contributed by atoms with E-state index in [9.17, 15) is 20.1 Å². The summed E-state index contributed by atoms with van der Waals surface area (Å²) in [5.41, 5.74) is 3.92. The molecule has 10 heteroatoms. The Morgan fingerprint density at radius 1 is 1.57 bits per heavy atom. The number of nitrogens with zero attached hydrogens (tertiary/aromatic N) is 3. The molecule has 0 aliphatic carbocycles. The number of hydrogen-bond acceptors (Lipinski definition) is 8. The maximum atomic E-state index is 11.5. The van der Waals surface area contributed by atoms with Crippen LogP contribution in [0.15, 0.2) is 11.1 Å². The summed E-state index contributed by atoms with van der Waals surface area (Å²) >= 11 is 0. The van der Waals surface area contributed by atoms with Crippen molar-refractivity contribution in [3.63, 3.8) is 0 Å².